The minimum absolute atomic E-state index is 0.607. The van der Waals surface area contributed by atoms with Crippen molar-refractivity contribution in [3.05, 3.63) is 41.9 Å². The standard InChI is InChI=1S/C11H12N6/c1-2-4-10-9(3-1)8(6-13-10)5-12-7-11-14-16-17-15-11/h1-4,6,12-13H,5,7H2,(H,14,15,16,17). The summed E-state index contributed by atoms with van der Waals surface area (Å²) < 4.78 is 0. The van der Waals surface area contributed by atoms with Crippen molar-refractivity contribution < 1.29 is 0 Å². The van der Waals surface area contributed by atoms with E-state index < -0.39 is 0 Å². The molecule has 0 saturated heterocycles. The van der Waals surface area contributed by atoms with E-state index in [1.165, 1.54) is 10.9 Å². The molecule has 3 rings (SSSR count). The largest absolute Gasteiger partial charge is 0.361 e. The molecule has 0 aliphatic rings. The Morgan fingerprint density at radius 3 is 3.00 bits per heavy atom. The number of rotatable bonds is 4. The van der Waals surface area contributed by atoms with Crippen molar-refractivity contribution in [3.8, 4) is 0 Å². The van der Waals surface area contributed by atoms with Gasteiger partial charge >= 0.3 is 0 Å². The first-order valence-electron chi connectivity index (χ1n) is 5.41. The molecule has 0 amide bonds. The highest BCUT2D eigenvalue weighted by molar-refractivity contribution is 5.82. The zero-order valence-corrected chi connectivity index (χ0v) is 9.14. The lowest BCUT2D eigenvalue weighted by Gasteiger charge is -2.00. The second kappa shape index (κ2) is 4.34. The molecule has 0 aliphatic carbocycles. The van der Waals surface area contributed by atoms with Gasteiger partial charge in [-0.1, -0.05) is 23.4 Å². The average Bonchev–Trinajstić information content (AvgIpc) is 2.99. The molecule has 2 aromatic heterocycles. The van der Waals surface area contributed by atoms with Crippen LogP contribution < -0.4 is 5.32 Å². The second-order valence-electron chi connectivity index (χ2n) is 3.79. The summed E-state index contributed by atoms with van der Waals surface area (Å²) in [7, 11) is 0. The van der Waals surface area contributed by atoms with E-state index in [1.807, 2.05) is 18.3 Å². The number of benzene rings is 1. The molecule has 3 aromatic rings. The molecule has 0 saturated carbocycles. The molecule has 0 spiro atoms. The molecular formula is C11H12N6. The van der Waals surface area contributed by atoms with Gasteiger partial charge in [0.05, 0.1) is 6.54 Å². The molecule has 0 atom stereocenters. The number of aromatic nitrogens is 5. The summed E-state index contributed by atoms with van der Waals surface area (Å²) in [6.07, 6.45) is 2.02. The van der Waals surface area contributed by atoms with Gasteiger partial charge < -0.3 is 10.3 Å². The number of fused-ring (bicyclic) bond motifs is 1. The van der Waals surface area contributed by atoms with Crippen LogP contribution in [0.2, 0.25) is 0 Å². The fourth-order valence-corrected chi connectivity index (χ4v) is 1.84. The van der Waals surface area contributed by atoms with Crippen molar-refractivity contribution in [2.75, 3.05) is 0 Å². The van der Waals surface area contributed by atoms with Gasteiger partial charge in [-0.05, 0) is 11.6 Å². The lowest BCUT2D eigenvalue weighted by molar-refractivity contribution is 0.666. The normalized spacial score (nSPS) is 11.1. The Morgan fingerprint density at radius 1 is 1.18 bits per heavy atom. The molecule has 0 aliphatic heterocycles. The summed E-state index contributed by atoms with van der Waals surface area (Å²) in [5.41, 5.74) is 2.40. The first-order chi connectivity index (χ1) is 8.43. The molecule has 0 bridgehead atoms. The van der Waals surface area contributed by atoms with E-state index in [0.717, 1.165) is 12.1 Å². The Balaban J connectivity index is 1.69. The molecule has 2 heterocycles. The lowest BCUT2D eigenvalue weighted by Crippen LogP contribution is -2.13. The monoisotopic (exact) mass is 228 g/mol. The van der Waals surface area contributed by atoms with E-state index in [0.29, 0.717) is 12.4 Å². The quantitative estimate of drug-likeness (QED) is 0.621. The van der Waals surface area contributed by atoms with Crippen molar-refractivity contribution in [1.29, 1.82) is 0 Å². The van der Waals surface area contributed by atoms with Gasteiger partial charge in [-0.3, -0.25) is 0 Å². The summed E-state index contributed by atoms with van der Waals surface area (Å²) in [6.45, 7) is 1.38. The van der Waals surface area contributed by atoms with Gasteiger partial charge in [0, 0.05) is 23.6 Å². The molecule has 0 radical (unpaired) electrons. The number of H-pyrrole nitrogens is 2. The van der Waals surface area contributed by atoms with E-state index in [1.54, 1.807) is 0 Å². The summed E-state index contributed by atoms with van der Waals surface area (Å²) >= 11 is 0. The third-order valence-electron chi connectivity index (χ3n) is 2.66. The highest BCUT2D eigenvalue weighted by Gasteiger charge is 2.03. The van der Waals surface area contributed by atoms with Gasteiger partial charge in [-0.2, -0.15) is 5.21 Å². The van der Waals surface area contributed by atoms with E-state index in [9.17, 15) is 0 Å². The maximum absolute atomic E-state index is 3.88. The molecule has 0 fully saturated rings. The second-order valence-corrected chi connectivity index (χ2v) is 3.79. The first-order valence-corrected chi connectivity index (χ1v) is 5.41. The minimum atomic E-state index is 0.607. The molecule has 17 heavy (non-hydrogen) atoms. The predicted octanol–water partition coefficient (Wildman–Crippen LogP) is 0.971. The number of hydrogen-bond acceptors (Lipinski definition) is 4. The van der Waals surface area contributed by atoms with Gasteiger partial charge in [0.15, 0.2) is 5.82 Å². The van der Waals surface area contributed by atoms with Gasteiger partial charge in [-0.15, -0.1) is 10.2 Å². The average molecular weight is 228 g/mol. The lowest BCUT2D eigenvalue weighted by atomic mass is 10.2. The molecule has 1 aromatic carbocycles. The zero-order chi connectivity index (χ0) is 11.5. The van der Waals surface area contributed by atoms with Crippen molar-refractivity contribution >= 4 is 10.9 Å². The SMILES string of the molecule is c1ccc2c(CNCc3nn[nH]n3)c[nH]c2c1. The molecule has 6 heteroatoms. The molecular weight excluding hydrogens is 216 g/mol. The Labute approximate surface area is 97.4 Å². The maximum atomic E-state index is 3.88. The van der Waals surface area contributed by atoms with Crippen molar-refractivity contribution in [1.82, 2.24) is 30.9 Å². The van der Waals surface area contributed by atoms with E-state index in [2.05, 4.69) is 43.1 Å². The number of aromatic amines is 2. The van der Waals surface area contributed by atoms with Crippen LogP contribution in [0.4, 0.5) is 0 Å². The summed E-state index contributed by atoms with van der Waals surface area (Å²) in [4.78, 5) is 3.24. The number of tetrazole rings is 1. The highest BCUT2D eigenvalue weighted by Crippen LogP contribution is 2.17. The Bertz CT molecular complexity index is 597. The predicted molar refractivity (Wildman–Crippen MR) is 63.0 cm³/mol. The smallest absolute Gasteiger partial charge is 0.188 e. The van der Waals surface area contributed by atoms with Crippen LogP contribution in [-0.2, 0) is 13.1 Å². The number of nitrogens with zero attached hydrogens (tertiary/aromatic N) is 3. The van der Waals surface area contributed by atoms with Crippen LogP contribution in [0.1, 0.15) is 11.4 Å². The molecule has 6 nitrogen and oxygen atoms in total. The van der Waals surface area contributed by atoms with E-state index in [-0.39, 0.29) is 0 Å². The van der Waals surface area contributed by atoms with Crippen LogP contribution in [-0.4, -0.2) is 25.6 Å². The fourth-order valence-electron chi connectivity index (χ4n) is 1.84. The van der Waals surface area contributed by atoms with Gasteiger partial charge in [0.25, 0.3) is 0 Å². The van der Waals surface area contributed by atoms with Gasteiger partial charge in [0.2, 0.25) is 0 Å². The third-order valence-corrected chi connectivity index (χ3v) is 2.66. The summed E-state index contributed by atoms with van der Waals surface area (Å²) in [5.74, 6) is 0.671. The Morgan fingerprint density at radius 2 is 2.12 bits per heavy atom. The van der Waals surface area contributed by atoms with Crippen LogP contribution in [0.15, 0.2) is 30.5 Å². The molecule has 0 unspecified atom stereocenters. The van der Waals surface area contributed by atoms with Gasteiger partial charge in [0.1, 0.15) is 0 Å². The van der Waals surface area contributed by atoms with Gasteiger partial charge in [-0.25, -0.2) is 0 Å². The number of hydrogen-bond donors (Lipinski definition) is 3. The summed E-state index contributed by atoms with van der Waals surface area (Å²) in [6, 6.07) is 8.24. The number of para-hydroxylation sites is 1. The Hall–Kier alpha value is -2.21. The molecule has 3 N–H and O–H groups in total. The van der Waals surface area contributed by atoms with Crippen molar-refractivity contribution in [3.63, 3.8) is 0 Å². The van der Waals surface area contributed by atoms with Crippen molar-refractivity contribution in [2.24, 2.45) is 0 Å². The maximum Gasteiger partial charge on any atom is 0.188 e. The zero-order valence-electron chi connectivity index (χ0n) is 9.14. The summed E-state index contributed by atoms with van der Waals surface area (Å²) in [5, 5.41) is 18.2. The topological polar surface area (TPSA) is 82.3 Å². The highest BCUT2D eigenvalue weighted by atomic mass is 15.5. The van der Waals surface area contributed by atoms with Crippen LogP contribution in [0.25, 0.3) is 10.9 Å². The van der Waals surface area contributed by atoms with Crippen LogP contribution >= 0.6 is 0 Å². The Kier molecular flexibility index (Phi) is 2.55. The van der Waals surface area contributed by atoms with Crippen molar-refractivity contribution in [2.45, 2.75) is 13.1 Å². The minimum Gasteiger partial charge on any atom is -0.361 e. The van der Waals surface area contributed by atoms with E-state index >= 15 is 0 Å². The molecule has 86 valence electrons. The van der Waals surface area contributed by atoms with Crippen LogP contribution in [0, 0.1) is 0 Å². The fraction of sp³-hybridized carbons (Fsp3) is 0.182. The first kappa shape index (κ1) is 9.98. The number of nitrogens with one attached hydrogen (secondary N) is 3. The van der Waals surface area contributed by atoms with E-state index in [4.69, 9.17) is 0 Å². The third kappa shape index (κ3) is 2.02. The van der Waals surface area contributed by atoms with Crippen LogP contribution in [0.5, 0.6) is 0 Å². The van der Waals surface area contributed by atoms with Crippen LogP contribution in [0.3, 0.4) is 0 Å².